The van der Waals surface area contributed by atoms with Gasteiger partial charge in [-0.15, -0.1) is 5.10 Å². The summed E-state index contributed by atoms with van der Waals surface area (Å²) in [5, 5.41) is 12.0. The summed E-state index contributed by atoms with van der Waals surface area (Å²) in [6, 6.07) is 17.6. The topological polar surface area (TPSA) is 68.0 Å². The van der Waals surface area contributed by atoms with E-state index in [0.29, 0.717) is 5.56 Å². The fraction of sp³-hybridized carbons (Fsp3) is 0.0952. The van der Waals surface area contributed by atoms with Crippen molar-refractivity contribution in [1.29, 1.82) is 0 Å². The molecular weight excluding hydrogens is 383 g/mol. The lowest BCUT2D eigenvalue weighted by Gasteiger charge is -2.06. The number of hydrogen-bond donors (Lipinski definition) is 1. The molecule has 0 radical (unpaired) electrons. The first kappa shape index (κ1) is 18.7. The van der Waals surface area contributed by atoms with Gasteiger partial charge in [0, 0.05) is 5.56 Å². The molecule has 4 aromatic rings. The first-order valence-electron chi connectivity index (χ1n) is 8.68. The Kier molecular flexibility index (Phi) is 4.75. The molecule has 1 heterocycles. The lowest BCUT2D eigenvalue weighted by molar-refractivity contribution is -0.137. The van der Waals surface area contributed by atoms with Crippen molar-refractivity contribution in [3.05, 3.63) is 77.9 Å². The molecule has 0 aliphatic carbocycles. The van der Waals surface area contributed by atoms with E-state index in [1.807, 2.05) is 42.5 Å². The molecule has 5 nitrogen and oxygen atoms in total. The van der Waals surface area contributed by atoms with E-state index in [1.165, 1.54) is 12.1 Å². The Morgan fingerprint density at radius 2 is 1.66 bits per heavy atom. The molecule has 0 aliphatic heterocycles. The van der Waals surface area contributed by atoms with Crippen molar-refractivity contribution in [2.45, 2.75) is 12.6 Å². The van der Waals surface area contributed by atoms with Crippen molar-refractivity contribution in [3.63, 3.8) is 0 Å². The Morgan fingerprint density at radius 3 is 2.41 bits per heavy atom. The maximum atomic E-state index is 12.6. The highest BCUT2D eigenvalue weighted by molar-refractivity contribution is 5.95. The van der Waals surface area contributed by atoms with E-state index in [4.69, 9.17) is 4.42 Å². The molecule has 29 heavy (non-hydrogen) atoms. The van der Waals surface area contributed by atoms with E-state index >= 15 is 0 Å². The highest BCUT2D eigenvalue weighted by atomic mass is 19.4. The van der Waals surface area contributed by atoms with Crippen molar-refractivity contribution in [3.8, 4) is 11.5 Å². The number of carbonyl (C=O) groups excluding carboxylic acids is 1. The van der Waals surface area contributed by atoms with Gasteiger partial charge in [0.25, 0.3) is 0 Å². The van der Waals surface area contributed by atoms with Crippen LogP contribution in [-0.4, -0.2) is 16.1 Å². The third kappa shape index (κ3) is 4.11. The number of aromatic nitrogens is 2. The summed E-state index contributed by atoms with van der Waals surface area (Å²) in [6.07, 6.45) is -4.31. The van der Waals surface area contributed by atoms with Gasteiger partial charge in [0.15, 0.2) is 0 Å². The Bertz CT molecular complexity index is 1160. The molecule has 146 valence electrons. The van der Waals surface area contributed by atoms with Gasteiger partial charge in [0.05, 0.1) is 12.0 Å². The van der Waals surface area contributed by atoms with Gasteiger partial charge in [0.1, 0.15) is 0 Å². The monoisotopic (exact) mass is 397 g/mol. The van der Waals surface area contributed by atoms with Crippen LogP contribution in [0.1, 0.15) is 11.1 Å². The average Bonchev–Trinajstić information content (AvgIpc) is 3.16. The molecule has 0 unspecified atom stereocenters. The summed E-state index contributed by atoms with van der Waals surface area (Å²) in [6.45, 7) is 0. The Balaban J connectivity index is 1.47. The normalized spacial score (nSPS) is 11.6. The van der Waals surface area contributed by atoms with Crippen LogP contribution in [0, 0.1) is 0 Å². The average molecular weight is 397 g/mol. The van der Waals surface area contributed by atoms with Crippen LogP contribution < -0.4 is 5.32 Å². The maximum Gasteiger partial charge on any atom is 0.416 e. The summed E-state index contributed by atoms with van der Waals surface area (Å²) in [7, 11) is 0. The van der Waals surface area contributed by atoms with E-state index < -0.39 is 11.7 Å². The van der Waals surface area contributed by atoms with Crippen molar-refractivity contribution in [2.24, 2.45) is 0 Å². The Labute approximate surface area is 163 Å². The lowest BCUT2D eigenvalue weighted by Crippen LogP contribution is -2.14. The van der Waals surface area contributed by atoms with E-state index in [0.717, 1.165) is 28.5 Å². The lowest BCUT2D eigenvalue weighted by atomic mass is 10.0. The minimum absolute atomic E-state index is 0.0131. The number of benzene rings is 3. The molecular formula is C21H14F3N3O2. The fourth-order valence-corrected chi connectivity index (χ4v) is 2.98. The predicted octanol–water partition coefficient (Wildman–Crippen LogP) is 5.09. The molecule has 8 heteroatoms. The second-order valence-electron chi connectivity index (χ2n) is 6.35. The second kappa shape index (κ2) is 7.38. The molecule has 4 rings (SSSR count). The second-order valence-corrected chi connectivity index (χ2v) is 6.35. The molecule has 0 spiro atoms. The smallest absolute Gasteiger partial charge is 0.403 e. The summed E-state index contributed by atoms with van der Waals surface area (Å²) < 4.78 is 43.3. The number of rotatable bonds is 4. The zero-order chi connectivity index (χ0) is 20.4. The van der Waals surface area contributed by atoms with Gasteiger partial charge in [0.2, 0.25) is 11.8 Å². The SMILES string of the molecule is O=C(Cc1cccc2ccccc12)Nc1nnc(-c2ccc(C(F)(F)F)cc2)o1. The van der Waals surface area contributed by atoms with Gasteiger partial charge in [-0.25, -0.2) is 0 Å². The van der Waals surface area contributed by atoms with Crippen LogP contribution in [0.15, 0.2) is 71.1 Å². The number of nitrogens with zero attached hydrogens (tertiary/aromatic N) is 2. The standard InChI is InChI=1S/C21H14F3N3O2/c22-21(23,24)16-10-8-14(9-11-16)19-26-27-20(29-19)25-18(28)12-15-6-3-5-13-4-1-2-7-17(13)15/h1-11H,12H2,(H,25,27,28). The summed E-state index contributed by atoms with van der Waals surface area (Å²) in [5.74, 6) is -0.330. The minimum atomic E-state index is -4.42. The molecule has 0 aliphatic rings. The van der Waals surface area contributed by atoms with Crippen LogP contribution in [0.2, 0.25) is 0 Å². The number of alkyl halides is 3. The molecule has 1 amide bonds. The quantitative estimate of drug-likeness (QED) is 0.521. The Hall–Kier alpha value is -3.68. The summed E-state index contributed by atoms with van der Waals surface area (Å²) in [5.41, 5.74) is 0.396. The zero-order valence-electron chi connectivity index (χ0n) is 14.9. The van der Waals surface area contributed by atoms with Crippen molar-refractivity contribution in [1.82, 2.24) is 10.2 Å². The van der Waals surface area contributed by atoms with E-state index in [2.05, 4.69) is 15.5 Å². The zero-order valence-corrected chi connectivity index (χ0v) is 14.9. The number of fused-ring (bicyclic) bond motifs is 1. The molecule has 0 bridgehead atoms. The van der Waals surface area contributed by atoms with E-state index in [1.54, 1.807) is 0 Å². The maximum absolute atomic E-state index is 12.6. The van der Waals surface area contributed by atoms with Gasteiger partial charge in [-0.2, -0.15) is 13.2 Å². The van der Waals surface area contributed by atoms with Crippen LogP contribution in [0.25, 0.3) is 22.2 Å². The van der Waals surface area contributed by atoms with Crippen molar-refractivity contribution >= 4 is 22.7 Å². The molecule has 1 aromatic heterocycles. The van der Waals surface area contributed by atoms with Crippen LogP contribution in [0.3, 0.4) is 0 Å². The van der Waals surface area contributed by atoms with Gasteiger partial charge in [-0.3, -0.25) is 10.1 Å². The first-order chi connectivity index (χ1) is 13.9. The van der Waals surface area contributed by atoms with Crippen LogP contribution in [0.5, 0.6) is 0 Å². The number of carbonyl (C=O) groups is 1. The number of hydrogen-bond acceptors (Lipinski definition) is 4. The van der Waals surface area contributed by atoms with Gasteiger partial charge in [-0.1, -0.05) is 47.6 Å². The molecule has 0 fully saturated rings. The molecule has 1 N–H and O–H groups in total. The van der Waals surface area contributed by atoms with Crippen LogP contribution in [-0.2, 0) is 17.4 Å². The fourth-order valence-electron chi connectivity index (χ4n) is 2.98. The van der Waals surface area contributed by atoms with E-state index in [-0.39, 0.29) is 24.2 Å². The van der Waals surface area contributed by atoms with Crippen LogP contribution in [0.4, 0.5) is 19.2 Å². The number of amides is 1. The molecule has 0 saturated carbocycles. The van der Waals surface area contributed by atoms with Crippen molar-refractivity contribution in [2.75, 3.05) is 5.32 Å². The largest absolute Gasteiger partial charge is 0.416 e. The highest BCUT2D eigenvalue weighted by Gasteiger charge is 2.30. The third-order valence-electron chi connectivity index (χ3n) is 4.36. The Morgan fingerprint density at radius 1 is 0.931 bits per heavy atom. The number of halogens is 3. The van der Waals surface area contributed by atoms with Crippen molar-refractivity contribution < 1.29 is 22.4 Å². The predicted molar refractivity (Wildman–Crippen MR) is 101 cm³/mol. The molecule has 0 atom stereocenters. The molecule has 3 aromatic carbocycles. The van der Waals surface area contributed by atoms with Gasteiger partial charge in [-0.05, 0) is 40.6 Å². The van der Waals surface area contributed by atoms with Crippen LogP contribution >= 0.6 is 0 Å². The highest BCUT2D eigenvalue weighted by Crippen LogP contribution is 2.31. The third-order valence-corrected chi connectivity index (χ3v) is 4.36. The van der Waals surface area contributed by atoms with E-state index in [9.17, 15) is 18.0 Å². The minimum Gasteiger partial charge on any atom is -0.403 e. The molecule has 0 saturated heterocycles. The van der Waals surface area contributed by atoms with Gasteiger partial charge >= 0.3 is 12.2 Å². The number of anilines is 1. The number of nitrogens with one attached hydrogen (secondary N) is 1. The first-order valence-corrected chi connectivity index (χ1v) is 8.68. The summed E-state index contributed by atoms with van der Waals surface area (Å²) in [4.78, 5) is 12.4. The summed E-state index contributed by atoms with van der Waals surface area (Å²) >= 11 is 0. The van der Waals surface area contributed by atoms with Gasteiger partial charge < -0.3 is 4.42 Å².